The van der Waals surface area contributed by atoms with Crippen LogP contribution in [0.15, 0.2) is 510 Å². The average Bonchev–Trinajstić information content (AvgIpc) is 1.50. The first kappa shape index (κ1) is 89.9. The third-order valence-corrected chi connectivity index (χ3v) is 30.1. The van der Waals surface area contributed by atoms with E-state index in [1.807, 2.05) is 91.0 Å². The molecule has 10 nitrogen and oxygen atoms in total. The van der Waals surface area contributed by atoms with Gasteiger partial charge in [-0.2, -0.15) is 0 Å². The molecule has 0 amide bonds. The lowest BCUT2D eigenvalue weighted by atomic mass is 9.70. The Morgan fingerprint density at radius 3 is 0.879 bits per heavy atom. The molecule has 28 rings (SSSR count). The predicted molar refractivity (Wildman–Crippen MR) is 608 cm³/mol. The van der Waals surface area contributed by atoms with E-state index in [1.54, 1.807) is 12.4 Å². The predicted octanol–water partition coefficient (Wildman–Crippen LogP) is 34.1. The van der Waals surface area contributed by atoms with Gasteiger partial charge in [-0.3, -0.25) is 9.97 Å². The summed E-state index contributed by atoms with van der Waals surface area (Å²) < 4.78 is 0. The Kier molecular flexibility index (Phi) is 22.6. The summed E-state index contributed by atoms with van der Waals surface area (Å²) >= 11 is 0. The largest absolute Gasteiger partial charge is 0.256 e. The summed E-state index contributed by atoms with van der Waals surface area (Å²) in [6.07, 6.45) is 3.61. The molecule has 0 radical (unpaired) electrons. The van der Waals surface area contributed by atoms with Gasteiger partial charge in [0.1, 0.15) is 0 Å². The molecule has 4 aliphatic carbocycles. The highest BCUT2D eigenvalue weighted by Crippen LogP contribution is 2.64. The van der Waals surface area contributed by atoms with Gasteiger partial charge in [0.25, 0.3) is 0 Å². The van der Waals surface area contributed by atoms with Crippen molar-refractivity contribution in [3.05, 3.63) is 554 Å². The summed E-state index contributed by atoms with van der Waals surface area (Å²) in [5.74, 6) is 4.49. The molecule has 1 spiro atoms. The van der Waals surface area contributed by atoms with Crippen molar-refractivity contribution in [3.8, 4) is 214 Å². The van der Waals surface area contributed by atoms with E-state index in [1.165, 1.54) is 122 Å². The van der Waals surface area contributed by atoms with Gasteiger partial charge in [-0.05, 0) is 229 Å². The van der Waals surface area contributed by atoms with E-state index < -0.39 is 5.41 Å². The molecule has 5 heterocycles. The van der Waals surface area contributed by atoms with Crippen LogP contribution in [-0.2, 0) is 16.2 Å². The topological polar surface area (TPSA) is 129 Å². The van der Waals surface area contributed by atoms with E-state index in [2.05, 4.69) is 444 Å². The van der Waals surface area contributed by atoms with Gasteiger partial charge in [0.2, 0.25) is 0 Å². The first-order chi connectivity index (χ1) is 73.3. The zero-order valence-electron chi connectivity index (χ0n) is 82.5. The molecule has 0 saturated carbocycles. The lowest BCUT2D eigenvalue weighted by molar-refractivity contribution is 0.660. The van der Waals surface area contributed by atoms with Gasteiger partial charge in [0.15, 0.2) is 40.8 Å². The van der Waals surface area contributed by atoms with Crippen LogP contribution in [0.25, 0.3) is 225 Å². The highest BCUT2D eigenvalue weighted by molar-refractivity contribution is 5.98. The molecule has 10 heteroatoms. The second-order valence-electron chi connectivity index (χ2n) is 39.7. The first-order valence-corrected chi connectivity index (χ1v) is 50.8. The van der Waals surface area contributed by atoms with Gasteiger partial charge in [0.05, 0.1) is 28.2 Å². The van der Waals surface area contributed by atoms with Crippen molar-refractivity contribution in [3.63, 3.8) is 0 Å². The second kappa shape index (κ2) is 37.5. The zero-order chi connectivity index (χ0) is 99.7. The summed E-state index contributed by atoms with van der Waals surface area (Å²) in [6.45, 7) is 9.26. The minimum atomic E-state index is -0.417. The highest BCUT2D eigenvalue weighted by atomic mass is 15.0. The molecular weight excluding hydrogens is 1810 g/mol. The van der Waals surface area contributed by atoms with Gasteiger partial charge in [-0.15, -0.1) is 0 Å². The number of benzene rings is 19. The molecule has 0 saturated heterocycles. The third-order valence-electron chi connectivity index (χ3n) is 30.1. The number of hydrogen-bond donors (Lipinski definition) is 0. The van der Waals surface area contributed by atoms with E-state index in [4.69, 9.17) is 39.9 Å². The quantitative estimate of drug-likeness (QED) is 0.0978. The molecule has 0 atom stereocenters. The van der Waals surface area contributed by atoms with Crippen molar-refractivity contribution < 1.29 is 0 Å². The standard InChI is InChI=1S/C51H32N2.C45H35N3.C43H29N5/c1-2-12-33(13-3-1)35-22-25-36(26-23-35)48-32-49(53-50(52-48)39-27-24-34-14-4-5-15-37(34)30-39)38-28-29-43-42-18-8-11-21-46(42)51(47(43)31-38)44-19-9-6-16-40(44)41-17-7-10-20-45(41)51;1-44(2)37-16-10-8-14-33(37)35-24-22-31(26-39(35)44)28-18-20-30(21-19-28)42-46-41(29-12-6-5-7-13-29)47-43(48-42)32-23-25-36-34-15-9-11-17-38(34)45(3,4)40(36)27-32;1-3-13-30(14-4-1)36-27-37(31-15-5-2-6-16-31)29-38(28-36)43-47-41(34-19-11-17-32(25-34)39-21-7-9-23-44-39)46-42(48-43)35-20-12-18-33(26-35)40-22-8-10-24-45-40/h1-32H;5-27H,1-4H3;1-29H. The normalized spacial score (nSPS) is 12.9. The number of aromatic nitrogens is 10. The van der Waals surface area contributed by atoms with Crippen molar-refractivity contribution in [1.82, 2.24) is 49.8 Å². The summed E-state index contributed by atoms with van der Waals surface area (Å²) in [5.41, 5.74) is 44.1. The minimum absolute atomic E-state index is 0.0352. The third kappa shape index (κ3) is 16.5. The van der Waals surface area contributed by atoms with Gasteiger partial charge in [0, 0.05) is 84.4 Å². The Morgan fingerprint density at radius 1 is 0.134 bits per heavy atom. The van der Waals surface area contributed by atoms with Crippen LogP contribution >= 0.6 is 0 Å². The SMILES string of the molecule is CC1(C)c2ccccc2-c2ccc(-c3ccc(-c4nc(-c5ccccc5)nc(-c5ccc6c(c5)C(C)(C)c5ccccc5-6)n4)cc3)cc21.c1ccc(-c2cc(-c3ccccc3)cc(-c3nc(-c4cccc(-c5ccccn5)c4)nc(-c4cccc(-c5ccccn5)c4)n3)c2)cc1.c1ccc(-c2ccc(-c3cc(-c4ccc5c(c4)C4(c6ccccc6-c6ccccc64)c4ccccc4-5)nc(-c4ccc5ccccc5c4)n3)cc2)cc1. The lowest BCUT2D eigenvalue weighted by Gasteiger charge is -2.30. The van der Waals surface area contributed by atoms with Crippen molar-refractivity contribution in [2.24, 2.45) is 0 Å². The van der Waals surface area contributed by atoms with Gasteiger partial charge in [-0.25, -0.2) is 39.9 Å². The molecule has 0 aliphatic heterocycles. The minimum Gasteiger partial charge on any atom is -0.256 e. The highest BCUT2D eigenvalue weighted by Gasteiger charge is 2.52. The van der Waals surface area contributed by atoms with E-state index >= 15 is 0 Å². The molecule has 4 aliphatic rings. The van der Waals surface area contributed by atoms with Crippen LogP contribution in [0.5, 0.6) is 0 Å². The zero-order valence-corrected chi connectivity index (χ0v) is 82.5. The fourth-order valence-electron chi connectivity index (χ4n) is 22.6. The maximum absolute atomic E-state index is 5.34. The van der Waals surface area contributed by atoms with Crippen LogP contribution < -0.4 is 0 Å². The average molecular weight is 1910 g/mol. The Hall–Kier alpha value is -19.2. The number of hydrogen-bond acceptors (Lipinski definition) is 10. The summed E-state index contributed by atoms with van der Waals surface area (Å²) in [4.78, 5) is 50.2. The van der Waals surface area contributed by atoms with Gasteiger partial charge < -0.3 is 0 Å². The summed E-state index contributed by atoms with van der Waals surface area (Å²) in [6, 6.07) is 176. The Labute approximate surface area is 866 Å². The van der Waals surface area contributed by atoms with Gasteiger partial charge >= 0.3 is 0 Å². The van der Waals surface area contributed by atoms with Crippen molar-refractivity contribution in [1.29, 1.82) is 0 Å². The molecule has 5 aromatic heterocycles. The maximum Gasteiger partial charge on any atom is 0.164 e. The fourth-order valence-corrected chi connectivity index (χ4v) is 22.6. The maximum atomic E-state index is 5.34. The van der Waals surface area contributed by atoms with Crippen LogP contribution in [-0.4, -0.2) is 49.8 Å². The van der Waals surface area contributed by atoms with Crippen LogP contribution in [0.2, 0.25) is 0 Å². The van der Waals surface area contributed by atoms with E-state index in [-0.39, 0.29) is 10.8 Å². The van der Waals surface area contributed by atoms with E-state index in [9.17, 15) is 0 Å². The molecule has 0 fully saturated rings. The van der Waals surface area contributed by atoms with Crippen molar-refractivity contribution >= 4 is 10.8 Å². The lowest BCUT2D eigenvalue weighted by Crippen LogP contribution is -2.25. The number of fused-ring (bicyclic) bond motifs is 17. The molecule has 0 bridgehead atoms. The molecule has 24 aromatic rings. The number of rotatable bonds is 15. The van der Waals surface area contributed by atoms with Crippen LogP contribution in [0.1, 0.15) is 72.2 Å². The Bertz CT molecular complexity index is 9070. The monoisotopic (exact) mass is 1900 g/mol. The second-order valence-corrected chi connectivity index (χ2v) is 39.7. The van der Waals surface area contributed by atoms with E-state index in [0.717, 1.165) is 106 Å². The smallest absolute Gasteiger partial charge is 0.164 e. The molecule has 702 valence electrons. The summed E-state index contributed by atoms with van der Waals surface area (Å²) in [5, 5.41) is 2.37. The fraction of sp³-hybridized carbons (Fsp3) is 0.0504. The number of nitrogens with zero attached hydrogens (tertiary/aromatic N) is 10. The molecular formula is C139H96N10. The summed E-state index contributed by atoms with van der Waals surface area (Å²) in [7, 11) is 0. The van der Waals surface area contributed by atoms with Crippen molar-refractivity contribution in [2.45, 2.75) is 43.9 Å². The van der Waals surface area contributed by atoms with Crippen LogP contribution in [0.3, 0.4) is 0 Å². The number of pyridine rings is 2. The van der Waals surface area contributed by atoms with Crippen LogP contribution in [0.4, 0.5) is 0 Å². The van der Waals surface area contributed by atoms with Crippen molar-refractivity contribution in [2.75, 3.05) is 0 Å². The molecule has 0 unspecified atom stereocenters. The molecule has 149 heavy (non-hydrogen) atoms. The Morgan fingerprint density at radius 2 is 0.403 bits per heavy atom. The Balaban J connectivity index is 0.000000113. The van der Waals surface area contributed by atoms with Crippen LogP contribution in [0, 0.1) is 0 Å². The van der Waals surface area contributed by atoms with Gasteiger partial charge in [-0.1, -0.05) is 440 Å². The first-order valence-electron chi connectivity index (χ1n) is 50.8. The van der Waals surface area contributed by atoms with E-state index in [0.29, 0.717) is 40.8 Å². The molecule has 0 N–H and O–H groups in total. The molecule has 19 aromatic carbocycles.